The minimum Gasteiger partial charge on any atom is -0.351 e. The average molecular weight is 530 g/mol. The molecule has 1 saturated heterocycles. The number of thiophene rings is 1. The highest BCUT2D eigenvalue weighted by Gasteiger charge is 2.21. The first-order chi connectivity index (χ1) is 18.0. The molecule has 3 N–H and O–H groups in total. The topological polar surface area (TPSA) is 88.9 Å². The maximum absolute atomic E-state index is 9.29. The molecule has 1 aliphatic rings. The molecule has 3 heterocycles. The number of aryl methyl sites for hydroxylation is 2. The van der Waals surface area contributed by atoms with Crippen molar-refractivity contribution < 1.29 is 0 Å². The number of anilines is 4. The fourth-order valence-corrected chi connectivity index (χ4v) is 5.98. The van der Waals surface area contributed by atoms with Crippen LogP contribution in [0, 0.1) is 25.2 Å². The van der Waals surface area contributed by atoms with Crippen molar-refractivity contribution in [2.75, 3.05) is 34.7 Å². The van der Waals surface area contributed by atoms with E-state index in [2.05, 4.69) is 56.0 Å². The van der Waals surface area contributed by atoms with Gasteiger partial charge in [-0.1, -0.05) is 24.1 Å². The van der Waals surface area contributed by atoms with Gasteiger partial charge in [0, 0.05) is 43.3 Å². The van der Waals surface area contributed by atoms with Gasteiger partial charge in [-0.15, -0.1) is 11.3 Å². The number of fused-ring (bicyclic) bond motifs is 1. The number of rotatable bonds is 8. The van der Waals surface area contributed by atoms with Gasteiger partial charge in [0.1, 0.15) is 0 Å². The van der Waals surface area contributed by atoms with Crippen molar-refractivity contribution in [1.82, 2.24) is 14.9 Å². The summed E-state index contributed by atoms with van der Waals surface area (Å²) < 4.78 is 4.30. The molecule has 1 fully saturated rings. The summed E-state index contributed by atoms with van der Waals surface area (Å²) in [7, 11) is 0. The van der Waals surface area contributed by atoms with Crippen LogP contribution in [0.15, 0.2) is 47.8 Å². The molecule has 0 radical (unpaired) electrons. The van der Waals surface area contributed by atoms with Gasteiger partial charge in [0.2, 0.25) is 5.95 Å². The average Bonchev–Trinajstić information content (AvgIpc) is 3.37. The van der Waals surface area contributed by atoms with Crippen LogP contribution in [-0.2, 0) is 6.54 Å². The Morgan fingerprint density at radius 2 is 1.81 bits per heavy atom. The van der Waals surface area contributed by atoms with Gasteiger partial charge in [0.15, 0.2) is 5.82 Å². The minimum atomic E-state index is 0.340. The van der Waals surface area contributed by atoms with Crippen molar-refractivity contribution in [1.29, 1.82) is 5.26 Å². The second-order valence-electron chi connectivity index (χ2n) is 9.45. The summed E-state index contributed by atoms with van der Waals surface area (Å²) in [6, 6.07) is 17.1. The summed E-state index contributed by atoms with van der Waals surface area (Å²) >= 11 is 3.24. The van der Waals surface area contributed by atoms with Gasteiger partial charge in [-0.25, -0.2) is 4.98 Å². The highest BCUT2D eigenvalue weighted by molar-refractivity contribution is 7.99. The standard InChI is InChI=1S/C28H31N7S2/c1-18-14-21(16-29)15-19(2)25(18)32-27-26-24(10-13-37-26)31-28(33-27)30-22-8-11-35(12-9-22)17-20-4-6-23(7-5-20)34-36-3/h4-7,10,13-15,22,34H,8-9,11-12,17H2,1-3H3,(H2,30,31,32,33). The molecule has 7 nitrogen and oxygen atoms in total. The lowest BCUT2D eigenvalue weighted by molar-refractivity contribution is 0.211. The Balaban J connectivity index is 1.25. The molecule has 0 atom stereocenters. The maximum atomic E-state index is 9.29. The van der Waals surface area contributed by atoms with E-state index in [9.17, 15) is 5.26 Å². The number of hydrogen-bond donors (Lipinski definition) is 3. The second-order valence-corrected chi connectivity index (χ2v) is 11.0. The van der Waals surface area contributed by atoms with Crippen molar-refractivity contribution in [2.45, 2.75) is 39.3 Å². The lowest BCUT2D eigenvalue weighted by Crippen LogP contribution is -2.39. The molecule has 0 saturated carbocycles. The number of hydrogen-bond acceptors (Lipinski definition) is 9. The Morgan fingerprint density at radius 1 is 1.08 bits per heavy atom. The van der Waals surface area contributed by atoms with Crippen LogP contribution in [0.25, 0.3) is 10.2 Å². The smallest absolute Gasteiger partial charge is 0.225 e. The summed E-state index contributed by atoms with van der Waals surface area (Å²) in [4.78, 5) is 12.2. The van der Waals surface area contributed by atoms with Crippen LogP contribution in [0.2, 0.25) is 0 Å². The largest absolute Gasteiger partial charge is 0.351 e. The number of aromatic nitrogens is 2. The molecule has 190 valence electrons. The summed E-state index contributed by atoms with van der Waals surface area (Å²) in [5.74, 6) is 1.46. The highest BCUT2D eigenvalue weighted by atomic mass is 32.2. The normalized spacial score (nSPS) is 14.4. The van der Waals surface area contributed by atoms with Gasteiger partial charge in [-0.05, 0) is 79.1 Å². The molecule has 2 aromatic carbocycles. The third-order valence-electron chi connectivity index (χ3n) is 6.71. The van der Waals surface area contributed by atoms with E-state index in [4.69, 9.17) is 9.97 Å². The van der Waals surface area contributed by atoms with Gasteiger partial charge in [0.05, 0.1) is 21.8 Å². The van der Waals surface area contributed by atoms with Crippen LogP contribution in [0.1, 0.15) is 35.1 Å². The molecule has 5 rings (SSSR count). The van der Waals surface area contributed by atoms with E-state index < -0.39 is 0 Å². The zero-order valence-electron chi connectivity index (χ0n) is 21.3. The zero-order chi connectivity index (χ0) is 25.8. The van der Waals surface area contributed by atoms with Crippen LogP contribution in [0.5, 0.6) is 0 Å². The number of nitrogens with zero attached hydrogens (tertiary/aromatic N) is 4. The van der Waals surface area contributed by atoms with E-state index in [1.807, 2.05) is 38.3 Å². The van der Waals surface area contributed by atoms with Crippen molar-refractivity contribution >= 4 is 56.6 Å². The Labute approximate surface area is 226 Å². The lowest BCUT2D eigenvalue weighted by atomic mass is 10.0. The van der Waals surface area contributed by atoms with E-state index in [1.54, 1.807) is 23.3 Å². The molecule has 0 spiro atoms. The van der Waals surface area contributed by atoms with E-state index >= 15 is 0 Å². The molecule has 2 aromatic heterocycles. The summed E-state index contributed by atoms with van der Waals surface area (Å²) in [5, 5.41) is 18.5. The van der Waals surface area contributed by atoms with Crippen LogP contribution in [0.3, 0.4) is 0 Å². The second kappa shape index (κ2) is 11.4. The molecule has 4 aromatic rings. The van der Waals surface area contributed by atoms with Crippen molar-refractivity contribution in [3.8, 4) is 6.07 Å². The maximum Gasteiger partial charge on any atom is 0.225 e. The molecule has 0 amide bonds. The summed E-state index contributed by atoms with van der Waals surface area (Å²) in [6.07, 6.45) is 4.13. The molecule has 1 aliphatic heterocycles. The SMILES string of the molecule is CSNc1ccc(CN2CCC(Nc3nc(Nc4c(C)cc(C#N)cc4C)c4sccc4n3)CC2)cc1. The van der Waals surface area contributed by atoms with Crippen LogP contribution >= 0.6 is 23.3 Å². The Bertz CT molecular complexity index is 1390. The van der Waals surface area contributed by atoms with E-state index in [-0.39, 0.29) is 0 Å². The fourth-order valence-electron chi connectivity index (χ4n) is 4.83. The number of likely N-dealkylation sites (tertiary alicyclic amines) is 1. The number of piperidine rings is 1. The third kappa shape index (κ3) is 5.99. The van der Waals surface area contributed by atoms with Gasteiger partial charge < -0.3 is 15.4 Å². The molecule has 0 unspecified atom stereocenters. The van der Waals surface area contributed by atoms with E-state index in [0.29, 0.717) is 17.6 Å². The first-order valence-corrected chi connectivity index (χ1v) is 14.5. The lowest BCUT2D eigenvalue weighted by Gasteiger charge is -2.32. The summed E-state index contributed by atoms with van der Waals surface area (Å²) in [6.45, 7) is 7.09. The third-order valence-corrected chi connectivity index (χ3v) is 8.06. The molecule has 9 heteroatoms. The van der Waals surface area contributed by atoms with Gasteiger partial charge in [-0.3, -0.25) is 4.90 Å². The molecular weight excluding hydrogens is 498 g/mol. The molecule has 0 bridgehead atoms. The minimum absolute atomic E-state index is 0.340. The first-order valence-electron chi connectivity index (χ1n) is 12.4. The van der Waals surface area contributed by atoms with Gasteiger partial charge in [0.25, 0.3) is 0 Å². The number of nitrogens with one attached hydrogen (secondary N) is 3. The van der Waals surface area contributed by atoms with Gasteiger partial charge in [-0.2, -0.15) is 10.2 Å². The van der Waals surface area contributed by atoms with Crippen molar-refractivity contribution in [3.05, 3.63) is 70.1 Å². The van der Waals surface area contributed by atoms with Crippen LogP contribution in [0.4, 0.5) is 23.1 Å². The predicted octanol–water partition coefficient (Wildman–Crippen LogP) is 6.69. The number of benzene rings is 2. The Hall–Kier alpha value is -3.32. The number of nitriles is 1. The predicted molar refractivity (Wildman–Crippen MR) is 157 cm³/mol. The molecular formula is C28H31N7S2. The van der Waals surface area contributed by atoms with Crippen molar-refractivity contribution in [3.63, 3.8) is 0 Å². The Morgan fingerprint density at radius 3 is 2.49 bits per heavy atom. The zero-order valence-corrected chi connectivity index (χ0v) is 23.0. The van der Waals surface area contributed by atoms with E-state index in [1.165, 1.54) is 5.56 Å². The highest BCUT2D eigenvalue weighted by Crippen LogP contribution is 2.33. The van der Waals surface area contributed by atoms with Gasteiger partial charge >= 0.3 is 0 Å². The van der Waals surface area contributed by atoms with E-state index in [0.717, 1.165) is 71.0 Å². The monoisotopic (exact) mass is 529 g/mol. The first kappa shape index (κ1) is 25.3. The quantitative estimate of drug-likeness (QED) is 0.218. The van der Waals surface area contributed by atoms with Crippen molar-refractivity contribution in [2.24, 2.45) is 0 Å². The summed E-state index contributed by atoms with van der Waals surface area (Å²) in [5.41, 5.74) is 7.12. The molecule has 0 aliphatic carbocycles. The molecule has 37 heavy (non-hydrogen) atoms. The fraction of sp³-hybridized carbons (Fsp3) is 0.321. The van der Waals surface area contributed by atoms with Crippen LogP contribution < -0.4 is 15.4 Å². The Kier molecular flexibility index (Phi) is 7.79. The van der Waals surface area contributed by atoms with Crippen LogP contribution in [-0.4, -0.2) is 40.3 Å².